The molecule has 0 atom stereocenters. The molecule has 2 aromatic rings. The summed E-state index contributed by atoms with van der Waals surface area (Å²) in [6, 6.07) is 18.0. The highest BCUT2D eigenvalue weighted by molar-refractivity contribution is 6.27. The van der Waals surface area contributed by atoms with E-state index in [4.69, 9.17) is 5.41 Å². The molecule has 0 amide bonds. The van der Waals surface area contributed by atoms with Gasteiger partial charge in [-0.15, -0.1) is 0 Å². The number of hydrogen-bond donors (Lipinski definition) is 1. The van der Waals surface area contributed by atoms with Crippen LogP contribution in [0.5, 0.6) is 0 Å². The van der Waals surface area contributed by atoms with E-state index in [2.05, 4.69) is 0 Å². The molecule has 0 spiro atoms. The smallest absolute Gasteiger partial charge is 0.189 e. The van der Waals surface area contributed by atoms with Crippen molar-refractivity contribution in [2.24, 2.45) is 0 Å². The Morgan fingerprint density at radius 2 is 1.48 bits per heavy atom. The zero-order valence-electron chi connectivity index (χ0n) is 14.4. The number of carbonyl (C=O) groups excluding carboxylic acids is 1. The van der Waals surface area contributed by atoms with E-state index in [0.29, 0.717) is 18.0 Å². The second-order valence-corrected chi connectivity index (χ2v) is 6.42. The minimum Gasteiger partial charge on any atom is -0.344 e. The van der Waals surface area contributed by atoms with Crippen LogP contribution in [0.15, 0.2) is 66.0 Å². The first kappa shape index (κ1) is 15.4. The maximum atomic E-state index is 12.7. The van der Waals surface area contributed by atoms with Gasteiger partial charge in [0.25, 0.3) is 0 Å². The van der Waals surface area contributed by atoms with Crippen molar-refractivity contribution in [3.8, 4) is 0 Å². The number of para-hydroxylation sites is 2. The number of likely N-dealkylation sites (tertiary alicyclic amines) is 1. The van der Waals surface area contributed by atoms with Crippen LogP contribution in [0.25, 0.3) is 0 Å². The molecular formula is C20H20N4O. The van der Waals surface area contributed by atoms with Gasteiger partial charge in [-0.25, -0.2) is 0 Å². The highest BCUT2D eigenvalue weighted by Crippen LogP contribution is 2.41. The van der Waals surface area contributed by atoms with Crippen molar-refractivity contribution in [2.75, 3.05) is 30.4 Å². The largest absolute Gasteiger partial charge is 0.344 e. The summed E-state index contributed by atoms with van der Waals surface area (Å²) in [6.45, 7) is 0.827. The Kier molecular flexibility index (Phi) is 3.57. The molecule has 1 saturated heterocycles. The zero-order valence-corrected chi connectivity index (χ0v) is 14.4. The van der Waals surface area contributed by atoms with Crippen molar-refractivity contribution in [3.05, 3.63) is 71.6 Å². The van der Waals surface area contributed by atoms with E-state index in [-0.39, 0.29) is 12.3 Å². The van der Waals surface area contributed by atoms with Crippen LogP contribution >= 0.6 is 0 Å². The SMILES string of the molecule is CN1C(=C2C(=N)N(Cc3ccccc3)CC2=O)N(C)c2ccccc21. The maximum Gasteiger partial charge on any atom is 0.189 e. The minimum atomic E-state index is 0.00226. The molecule has 2 heterocycles. The summed E-state index contributed by atoms with van der Waals surface area (Å²) in [7, 11) is 3.90. The fraction of sp³-hybridized carbons (Fsp3) is 0.200. The van der Waals surface area contributed by atoms with E-state index >= 15 is 0 Å². The van der Waals surface area contributed by atoms with Crippen LogP contribution in [0.2, 0.25) is 0 Å². The Morgan fingerprint density at radius 3 is 2.08 bits per heavy atom. The van der Waals surface area contributed by atoms with Crippen LogP contribution in [-0.2, 0) is 11.3 Å². The molecule has 5 heteroatoms. The lowest BCUT2D eigenvalue weighted by Gasteiger charge is -2.22. The van der Waals surface area contributed by atoms with Crippen molar-refractivity contribution in [2.45, 2.75) is 6.54 Å². The minimum absolute atomic E-state index is 0.00226. The molecule has 0 aromatic heterocycles. The molecule has 0 unspecified atom stereocenters. The van der Waals surface area contributed by atoms with Gasteiger partial charge >= 0.3 is 0 Å². The third-order valence-electron chi connectivity index (χ3n) is 4.85. The summed E-state index contributed by atoms with van der Waals surface area (Å²) < 4.78 is 0. The molecule has 126 valence electrons. The lowest BCUT2D eigenvalue weighted by atomic mass is 10.2. The number of hydrogen-bond acceptors (Lipinski definition) is 4. The fourth-order valence-corrected chi connectivity index (χ4v) is 3.61. The highest BCUT2D eigenvalue weighted by atomic mass is 16.1. The van der Waals surface area contributed by atoms with Crippen LogP contribution in [0, 0.1) is 5.41 Å². The lowest BCUT2D eigenvalue weighted by Crippen LogP contribution is -2.29. The molecule has 2 aliphatic heterocycles. The van der Waals surface area contributed by atoms with Crippen LogP contribution < -0.4 is 9.80 Å². The number of amidine groups is 1. The quantitative estimate of drug-likeness (QED) is 0.859. The van der Waals surface area contributed by atoms with Gasteiger partial charge in [0.2, 0.25) is 0 Å². The van der Waals surface area contributed by atoms with Gasteiger partial charge < -0.3 is 14.7 Å². The number of anilines is 2. The average Bonchev–Trinajstić information content (AvgIpc) is 3.03. The van der Waals surface area contributed by atoms with Gasteiger partial charge in [0, 0.05) is 20.6 Å². The molecule has 0 aliphatic carbocycles. The number of fused-ring (bicyclic) bond motifs is 1. The monoisotopic (exact) mass is 332 g/mol. The van der Waals surface area contributed by atoms with Gasteiger partial charge in [-0.2, -0.15) is 0 Å². The van der Waals surface area contributed by atoms with Gasteiger partial charge in [-0.05, 0) is 17.7 Å². The first-order valence-electron chi connectivity index (χ1n) is 8.29. The van der Waals surface area contributed by atoms with Gasteiger partial charge in [-0.1, -0.05) is 42.5 Å². The molecule has 0 bridgehead atoms. The number of ketones is 1. The van der Waals surface area contributed by atoms with Crippen molar-refractivity contribution in [1.29, 1.82) is 5.41 Å². The van der Waals surface area contributed by atoms with Crippen molar-refractivity contribution >= 4 is 23.0 Å². The van der Waals surface area contributed by atoms with E-state index < -0.39 is 0 Å². The summed E-state index contributed by atoms with van der Waals surface area (Å²) in [6.07, 6.45) is 0. The van der Waals surface area contributed by atoms with Crippen LogP contribution in [0.4, 0.5) is 11.4 Å². The normalized spacial score (nSPS) is 17.0. The molecule has 0 radical (unpaired) electrons. The Bertz CT molecular complexity index is 857. The van der Waals surface area contributed by atoms with Gasteiger partial charge in [0.1, 0.15) is 17.2 Å². The number of nitrogens with one attached hydrogen (secondary N) is 1. The van der Waals surface area contributed by atoms with E-state index in [0.717, 1.165) is 22.8 Å². The summed E-state index contributed by atoms with van der Waals surface area (Å²) in [5.41, 5.74) is 3.70. The number of rotatable bonds is 2. The Balaban J connectivity index is 1.70. The summed E-state index contributed by atoms with van der Waals surface area (Å²) in [5.74, 6) is 1.09. The van der Waals surface area contributed by atoms with Gasteiger partial charge in [-0.3, -0.25) is 10.2 Å². The molecule has 2 aromatic carbocycles. The van der Waals surface area contributed by atoms with E-state index in [1.165, 1.54) is 0 Å². The zero-order chi connectivity index (χ0) is 17.6. The number of Topliss-reactive ketones (excluding diaryl/α,β-unsaturated/α-hetero) is 1. The maximum absolute atomic E-state index is 12.7. The standard InChI is InChI=1S/C20H20N4O/c1-22-15-10-6-7-11-16(15)23(2)20(22)18-17(25)13-24(19(18)21)12-14-8-4-3-5-9-14/h3-11,21H,12-13H2,1-2H3. The van der Waals surface area contributed by atoms with Crippen molar-refractivity contribution in [1.82, 2.24) is 4.90 Å². The summed E-state index contributed by atoms with van der Waals surface area (Å²) >= 11 is 0. The summed E-state index contributed by atoms with van der Waals surface area (Å²) in [4.78, 5) is 18.6. The van der Waals surface area contributed by atoms with Crippen LogP contribution in [0.1, 0.15) is 5.56 Å². The second-order valence-electron chi connectivity index (χ2n) is 6.42. The average molecular weight is 332 g/mol. The molecule has 5 nitrogen and oxygen atoms in total. The molecular weight excluding hydrogens is 312 g/mol. The number of benzene rings is 2. The third-order valence-corrected chi connectivity index (χ3v) is 4.85. The second kappa shape index (κ2) is 5.77. The Morgan fingerprint density at radius 1 is 0.920 bits per heavy atom. The Labute approximate surface area is 147 Å². The summed E-state index contributed by atoms with van der Waals surface area (Å²) in [5, 5.41) is 8.59. The first-order valence-corrected chi connectivity index (χ1v) is 8.29. The van der Waals surface area contributed by atoms with E-state index in [1.54, 1.807) is 0 Å². The van der Waals surface area contributed by atoms with E-state index in [1.807, 2.05) is 83.4 Å². The van der Waals surface area contributed by atoms with Crippen LogP contribution in [-0.4, -0.2) is 37.2 Å². The predicted octanol–water partition coefficient (Wildman–Crippen LogP) is 2.85. The van der Waals surface area contributed by atoms with Crippen molar-refractivity contribution < 1.29 is 4.79 Å². The third kappa shape index (κ3) is 2.39. The predicted molar refractivity (Wildman–Crippen MR) is 99.9 cm³/mol. The Hall–Kier alpha value is -3.08. The van der Waals surface area contributed by atoms with Gasteiger partial charge in [0.05, 0.1) is 17.9 Å². The fourth-order valence-electron chi connectivity index (χ4n) is 3.61. The number of carbonyl (C=O) groups is 1. The van der Waals surface area contributed by atoms with Crippen LogP contribution in [0.3, 0.4) is 0 Å². The molecule has 4 rings (SSSR count). The molecule has 1 fully saturated rings. The lowest BCUT2D eigenvalue weighted by molar-refractivity contribution is -0.114. The first-order chi connectivity index (χ1) is 12.1. The topological polar surface area (TPSA) is 50.6 Å². The molecule has 2 aliphatic rings. The molecule has 0 saturated carbocycles. The van der Waals surface area contributed by atoms with E-state index in [9.17, 15) is 4.79 Å². The van der Waals surface area contributed by atoms with Gasteiger partial charge in [0.15, 0.2) is 5.78 Å². The molecule has 1 N–H and O–H groups in total. The molecule has 25 heavy (non-hydrogen) atoms. The highest BCUT2D eigenvalue weighted by Gasteiger charge is 2.38. The number of nitrogens with zero attached hydrogens (tertiary/aromatic N) is 3. The van der Waals surface area contributed by atoms with Crippen molar-refractivity contribution in [3.63, 3.8) is 0 Å².